The number of nitrogens with zero attached hydrogens (tertiary/aromatic N) is 1. The molecule has 2 aromatic rings. The van der Waals surface area contributed by atoms with E-state index < -0.39 is 12.0 Å². The van der Waals surface area contributed by atoms with E-state index in [1.54, 1.807) is 30.3 Å². The lowest BCUT2D eigenvalue weighted by Gasteiger charge is -2.24. The minimum absolute atomic E-state index is 0.333. The number of carbonyl (C=O) groups excluding carboxylic acids is 1. The van der Waals surface area contributed by atoms with Gasteiger partial charge in [-0.05, 0) is 25.1 Å². The van der Waals surface area contributed by atoms with Crippen LogP contribution in [-0.2, 0) is 9.53 Å². The van der Waals surface area contributed by atoms with Gasteiger partial charge in [0.2, 0.25) is 5.75 Å². The second kappa shape index (κ2) is 10.5. The lowest BCUT2D eigenvalue weighted by atomic mass is 10.1. The van der Waals surface area contributed by atoms with Crippen LogP contribution in [0.4, 0.5) is 0 Å². The first-order valence-electron chi connectivity index (χ1n) is 9.75. The number of hydrazone groups is 1. The highest BCUT2D eigenvalue weighted by Gasteiger charge is 2.28. The number of amides is 1. The van der Waals surface area contributed by atoms with Gasteiger partial charge in [0.05, 0.1) is 27.5 Å². The van der Waals surface area contributed by atoms with E-state index in [0.29, 0.717) is 59.7 Å². The van der Waals surface area contributed by atoms with Crippen LogP contribution in [0.15, 0.2) is 35.4 Å². The molecule has 1 aliphatic rings. The maximum absolute atomic E-state index is 12.8. The largest absolute Gasteiger partial charge is 0.493 e. The quantitative estimate of drug-likeness (QED) is 0.483. The maximum atomic E-state index is 12.8. The Morgan fingerprint density at radius 2 is 1.84 bits per heavy atom. The van der Waals surface area contributed by atoms with Gasteiger partial charge in [-0.15, -0.1) is 0 Å². The number of hydrogen-bond acceptors (Lipinski definition) is 8. The van der Waals surface area contributed by atoms with Crippen LogP contribution in [0.2, 0.25) is 0 Å². The molecule has 0 bridgehead atoms. The van der Waals surface area contributed by atoms with Crippen molar-refractivity contribution < 1.29 is 33.2 Å². The van der Waals surface area contributed by atoms with Crippen LogP contribution in [0.3, 0.4) is 0 Å². The van der Waals surface area contributed by atoms with E-state index in [1.807, 2.05) is 6.92 Å². The third-order valence-electron chi connectivity index (χ3n) is 4.53. The summed E-state index contributed by atoms with van der Waals surface area (Å²) >= 11 is 0. The van der Waals surface area contributed by atoms with Gasteiger partial charge in [0.25, 0.3) is 5.91 Å². The minimum atomic E-state index is -0.904. The minimum Gasteiger partial charge on any atom is -0.493 e. The Kier molecular flexibility index (Phi) is 7.55. The first-order valence-corrected chi connectivity index (χ1v) is 9.75. The van der Waals surface area contributed by atoms with E-state index in [0.717, 1.165) is 0 Å². The Hall–Kier alpha value is -3.46. The molecule has 0 saturated carbocycles. The molecule has 1 unspecified atom stereocenters. The van der Waals surface area contributed by atoms with E-state index in [1.165, 1.54) is 27.5 Å². The number of methoxy groups -OCH3 is 3. The summed E-state index contributed by atoms with van der Waals surface area (Å²) in [4.78, 5) is 12.8. The highest BCUT2D eigenvalue weighted by molar-refractivity contribution is 5.87. The predicted molar refractivity (Wildman–Crippen MR) is 114 cm³/mol. The molecule has 0 aliphatic carbocycles. The fourth-order valence-corrected chi connectivity index (χ4v) is 3.18. The highest BCUT2D eigenvalue weighted by atomic mass is 16.6. The van der Waals surface area contributed by atoms with Gasteiger partial charge in [-0.2, -0.15) is 5.10 Å². The van der Waals surface area contributed by atoms with Crippen molar-refractivity contribution in [2.45, 2.75) is 13.0 Å². The average Bonchev–Trinajstić information content (AvgIpc) is 2.81. The monoisotopic (exact) mass is 430 g/mol. The van der Waals surface area contributed by atoms with E-state index in [2.05, 4.69) is 10.5 Å². The molecule has 0 radical (unpaired) electrons. The van der Waals surface area contributed by atoms with Crippen molar-refractivity contribution in [2.24, 2.45) is 5.10 Å². The fraction of sp³-hybridized carbons (Fsp3) is 0.364. The molecule has 1 amide bonds. The summed E-state index contributed by atoms with van der Waals surface area (Å²) < 4.78 is 33.0. The topological polar surface area (TPSA) is 96.8 Å². The smallest absolute Gasteiger partial charge is 0.273 e. The van der Waals surface area contributed by atoms with Crippen molar-refractivity contribution in [2.75, 3.05) is 41.2 Å². The number of rotatable bonds is 9. The Balaban J connectivity index is 1.79. The molecule has 1 atom stereocenters. The molecular weight excluding hydrogens is 404 g/mol. The Bertz CT molecular complexity index is 920. The zero-order valence-corrected chi connectivity index (χ0v) is 18.0. The van der Waals surface area contributed by atoms with Crippen LogP contribution < -0.4 is 29.1 Å². The zero-order chi connectivity index (χ0) is 22.2. The van der Waals surface area contributed by atoms with Crippen molar-refractivity contribution in [3.05, 3.63) is 41.5 Å². The number of hydrogen-bond donors (Lipinski definition) is 1. The Morgan fingerprint density at radius 3 is 2.48 bits per heavy atom. The molecule has 9 nitrogen and oxygen atoms in total. The number of nitrogens with one attached hydrogen (secondary N) is 1. The van der Waals surface area contributed by atoms with Crippen LogP contribution in [0.25, 0.3) is 0 Å². The van der Waals surface area contributed by atoms with Crippen molar-refractivity contribution >= 4 is 12.1 Å². The van der Waals surface area contributed by atoms with Gasteiger partial charge >= 0.3 is 0 Å². The van der Waals surface area contributed by atoms with E-state index in [-0.39, 0.29) is 0 Å². The molecule has 166 valence electrons. The van der Waals surface area contributed by atoms with Crippen molar-refractivity contribution in [1.29, 1.82) is 0 Å². The summed E-state index contributed by atoms with van der Waals surface area (Å²) in [6.45, 7) is 3.01. The first-order chi connectivity index (χ1) is 15.1. The molecule has 0 fully saturated rings. The van der Waals surface area contributed by atoms with Gasteiger partial charge in [-0.25, -0.2) is 5.43 Å². The third-order valence-corrected chi connectivity index (χ3v) is 4.53. The lowest BCUT2D eigenvalue weighted by Crippen LogP contribution is -2.28. The summed E-state index contributed by atoms with van der Waals surface area (Å²) in [6.07, 6.45) is 0.574. The lowest BCUT2D eigenvalue weighted by molar-refractivity contribution is -0.133. The van der Waals surface area contributed by atoms with Gasteiger partial charge in [0.1, 0.15) is 13.2 Å². The maximum Gasteiger partial charge on any atom is 0.273 e. The summed E-state index contributed by atoms with van der Waals surface area (Å²) in [7, 11) is 4.58. The SMILES string of the molecule is CCOC(C(=O)NN=Cc1cc(OC)c(OC)c(OC)c1)c1cccc2c1OCCO2. The molecule has 31 heavy (non-hydrogen) atoms. The fourth-order valence-electron chi connectivity index (χ4n) is 3.18. The average molecular weight is 430 g/mol. The summed E-state index contributed by atoms with van der Waals surface area (Å²) in [5.74, 6) is 2.09. The van der Waals surface area contributed by atoms with Gasteiger partial charge < -0.3 is 28.4 Å². The summed E-state index contributed by atoms with van der Waals surface area (Å²) in [6, 6.07) is 8.80. The van der Waals surface area contributed by atoms with Crippen LogP contribution >= 0.6 is 0 Å². The molecule has 1 N–H and O–H groups in total. The Morgan fingerprint density at radius 1 is 1.13 bits per heavy atom. The van der Waals surface area contributed by atoms with Gasteiger partial charge in [-0.1, -0.05) is 12.1 Å². The molecular formula is C22H26N2O7. The third kappa shape index (κ3) is 5.00. The van der Waals surface area contributed by atoms with Gasteiger partial charge in [0, 0.05) is 17.7 Å². The number of ether oxygens (including phenoxy) is 6. The predicted octanol–water partition coefficient (Wildman–Crippen LogP) is 2.71. The molecule has 9 heteroatoms. The van der Waals surface area contributed by atoms with Crippen LogP contribution in [0.1, 0.15) is 24.2 Å². The van der Waals surface area contributed by atoms with Crippen molar-refractivity contribution in [3.8, 4) is 28.7 Å². The number of fused-ring (bicyclic) bond motifs is 1. The van der Waals surface area contributed by atoms with E-state index in [9.17, 15) is 4.79 Å². The highest BCUT2D eigenvalue weighted by Crippen LogP contribution is 2.39. The second-order valence-corrected chi connectivity index (χ2v) is 6.40. The summed E-state index contributed by atoms with van der Waals surface area (Å²) in [5, 5.41) is 4.06. The standard InChI is InChI=1S/C22H26N2O7/c1-5-29-20(15-7-6-8-16-19(15)31-10-9-30-16)22(25)24-23-13-14-11-17(26-2)21(28-4)18(12-14)27-3/h6-8,11-13,20H,5,9-10H2,1-4H3,(H,24,25). The van der Waals surface area contributed by atoms with E-state index >= 15 is 0 Å². The second-order valence-electron chi connectivity index (χ2n) is 6.40. The van der Waals surface area contributed by atoms with Crippen LogP contribution in [-0.4, -0.2) is 53.3 Å². The number of benzene rings is 2. The van der Waals surface area contributed by atoms with Gasteiger partial charge in [0.15, 0.2) is 29.1 Å². The molecule has 0 aromatic heterocycles. The normalized spacial score (nSPS) is 13.5. The molecule has 0 saturated heterocycles. The van der Waals surface area contributed by atoms with Crippen LogP contribution in [0, 0.1) is 0 Å². The first kappa shape index (κ1) is 22.2. The zero-order valence-electron chi connectivity index (χ0n) is 18.0. The molecule has 3 rings (SSSR count). The number of para-hydroxylation sites is 1. The Labute approximate surface area is 180 Å². The molecule has 1 aliphatic heterocycles. The van der Waals surface area contributed by atoms with E-state index in [4.69, 9.17) is 28.4 Å². The van der Waals surface area contributed by atoms with Crippen LogP contribution in [0.5, 0.6) is 28.7 Å². The molecule has 1 heterocycles. The van der Waals surface area contributed by atoms with Crippen molar-refractivity contribution in [1.82, 2.24) is 5.43 Å². The van der Waals surface area contributed by atoms with Gasteiger partial charge in [-0.3, -0.25) is 4.79 Å². The summed E-state index contributed by atoms with van der Waals surface area (Å²) in [5.41, 5.74) is 3.75. The number of carbonyl (C=O) groups is 1. The molecule has 0 spiro atoms. The van der Waals surface area contributed by atoms with Crippen molar-refractivity contribution in [3.63, 3.8) is 0 Å². The molecule has 2 aromatic carbocycles.